The van der Waals surface area contributed by atoms with Gasteiger partial charge >= 0.3 is 16.1 Å². The molecule has 8 heteroatoms. The fraction of sp³-hybridized carbons (Fsp3) is 0.476. The number of carbonyl (C=O) groups is 1. The van der Waals surface area contributed by atoms with E-state index in [2.05, 4.69) is 5.32 Å². The molecule has 0 unspecified atom stereocenters. The molecule has 7 nitrogen and oxygen atoms in total. The van der Waals surface area contributed by atoms with Crippen LogP contribution >= 0.6 is 0 Å². The summed E-state index contributed by atoms with van der Waals surface area (Å²) in [6.45, 7) is 2.16. The van der Waals surface area contributed by atoms with E-state index >= 15 is 0 Å². The van der Waals surface area contributed by atoms with Gasteiger partial charge in [0.05, 0.1) is 18.6 Å². The maximum Gasteiger partial charge on any atom is 0.318 e. The molecular formula is C21H28N2O5S. The van der Waals surface area contributed by atoms with Crippen molar-refractivity contribution in [2.75, 3.05) is 5.75 Å². The van der Waals surface area contributed by atoms with Gasteiger partial charge in [0.25, 0.3) is 0 Å². The monoisotopic (exact) mass is 420 g/mol. The van der Waals surface area contributed by atoms with Gasteiger partial charge in [-0.2, -0.15) is 8.42 Å². The third kappa shape index (κ3) is 6.52. The Hall–Kier alpha value is -2.48. The van der Waals surface area contributed by atoms with Crippen LogP contribution in [0.3, 0.4) is 0 Å². The highest BCUT2D eigenvalue weighted by Crippen LogP contribution is 2.20. The molecule has 1 aliphatic rings. The summed E-state index contributed by atoms with van der Waals surface area (Å²) in [5.41, 5.74) is 0.777. The average molecular weight is 421 g/mol. The van der Waals surface area contributed by atoms with Gasteiger partial charge in [-0.15, -0.1) is 0 Å². The zero-order chi connectivity index (χ0) is 20.7. The lowest BCUT2D eigenvalue weighted by molar-refractivity contribution is 0.180. The highest BCUT2D eigenvalue weighted by Gasteiger charge is 2.21. The average Bonchev–Trinajstić information content (AvgIpc) is 3.21. The summed E-state index contributed by atoms with van der Waals surface area (Å²) >= 11 is 0. The summed E-state index contributed by atoms with van der Waals surface area (Å²) < 4.78 is 34.0. The molecular weight excluding hydrogens is 392 g/mol. The second-order valence-electron chi connectivity index (χ2n) is 7.30. The van der Waals surface area contributed by atoms with Crippen LogP contribution < -0.4 is 9.50 Å². The van der Waals surface area contributed by atoms with Crippen molar-refractivity contribution in [3.05, 3.63) is 54.0 Å². The number of urea groups is 1. The Morgan fingerprint density at radius 2 is 1.97 bits per heavy atom. The van der Waals surface area contributed by atoms with Gasteiger partial charge in [-0.3, -0.25) is 0 Å². The smallest absolute Gasteiger partial charge is 0.318 e. The SMILES string of the molecule is CCS(=O)(=O)Oc1cccc(CN(Cc2ccco2)C(=O)NC2CCCCC2)c1. The molecule has 0 radical (unpaired) electrons. The minimum Gasteiger partial charge on any atom is -0.467 e. The second-order valence-corrected chi connectivity index (χ2v) is 9.16. The first-order valence-electron chi connectivity index (χ1n) is 10.0. The molecule has 1 aliphatic carbocycles. The quantitative estimate of drug-likeness (QED) is 0.651. The summed E-state index contributed by atoms with van der Waals surface area (Å²) in [6, 6.07) is 10.5. The van der Waals surface area contributed by atoms with E-state index < -0.39 is 10.1 Å². The lowest BCUT2D eigenvalue weighted by atomic mass is 9.96. The van der Waals surface area contributed by atoms with Crippen LogP contribution in [-0.4, -0.2) is 31.1 Å². The van der Waals surface area contributed by atoms with Crippen LogP contribution in [-0.2, 0) is 23.2 Å². The Balaban J connectivity index is 1.73. The van der Waals surface area contributed by atoms with E-state index in [4.69, 9.17) is 8.60 Å². The number of amides is 2. The predicted molar refractivity (Wildman–Crippen MR) is 110 cm³/mol. The molecule has 1 fully saturated rings. The van der Waals surface area contributed by atoms with Crippen LogP contribution in [0.1, 0.15) is 50.4 Å². The van der Waals surface area contributed by atoms with Crippen molar-refractivity contribution >= 4 is 16.1 Å². The fourth-order valence-electron chi connectivity index (χ4n) is 3.42. The second kappa shape index (κ2) is 9.82. The molecule has 29 heavy (non-hydrogen) atoms. The molecule has 1 heterocycles. The number of nitrogens with one attached hydrogen (secondary N) is 1. The topological polar surface area (TPSA) is 88.9 Å². The Bertz CT molecular complexity index is 890. The molecule has 0 spiro atoms. The highest BCUT2D eigenvalue weighted by molar-refractivity contribution is 7.87. The third-order valence-corrected chi connectivity index (χ3v) is 6.15. The first kappa shape index (κ1) is 21.2. The highest BCUT2D eigenvalue weighted by atomic mass is 32.2. The molecule has 1 saturated carbocycles. The van der Waals surface area contributed by atoms with E-state index in [1.807, 2.05) is 12.1 Å². The fourth-order valence-corrected chi connectivity index (χ4v) is 3.94. The summed E-state index contributed by atoms with van der Waals surface area (Å²) in [5, 5.41) is 3.13. The van der Waals surface area contributed by atoms with E-state index in [0.29, 0.717) is 18.8 Å². The molecule has 1 aromatic carbocycles. The van der Waals surface area contributed by atoms with E-state index in [-0.39, 0.29) is 23.6 Å². The number of hydrogen-bond donors (Lipinski definition) is 1. The maximum atomic E-state index is 12.9. The zero-order valence-electron chi connectivity index (χ0n) is 16.7. The van der Waals surface area contributed by atoms with Crippen molar-refractivity contribution in [3.63, 3.8) is 0 Å². The number of nitrogens with zero attached hydrogens (tertiary/aromatic N) is 1. The first-order chi connectivity index (χ1) is 13.9. The number of benzene rings is 1. The lowest BCUT2D eigenvalue weighted by Crippen LogP contribution is -2.44. The van der Waals surface area contributed by atoms with Crippen molar-refractivity contribution in [1.82, 2.24) is 10.2 Å². The van der Waals surface area contributed by atoms with Crippen molar-refractivity contribution in [2.24, 2.45) is 0 Å². The Morgan fingerprint density at radius 3 is 2.66 bits per heavy atom. The van der Waals surface area contributed by atoms with Gasteiger partial charge in [-0.05, 0) is 49.6 Å². The van der Waals surface area contributed by atoms with Gasteiger partial charge in [0.2, 0.25) is 0 Å². The van der Waals surface area contributed by atoms with Crippen molar-refractivity contribution in [3.8, 4) is 5.75 Å². The first-order valence-corrected chi connectivity index (χ1v) is 11.6. The van der Waals surface area contributed by atoms with Gasteiger partial charge in [-0.25, -0.2) is 4.79 Å². The standard InChI is InChI=1S/C21H28N2O5S/c1-2-29(25,26)28-19-11-6-8-17(14-19)15-23(16-20-12-7-13-27-20)21(24)22-18-9-4-3-5-10-18/h6-8,11-14,18H,2-5,9-10,15-16H2,1H3,(H,22,24). The molecule has 0 atom stereocenters. The van der Waals surface area contributed by atoms with Crippen molar-refractivity contribution in [1.29, 1.82) is 0 Å². The van der Waals surface area contributed by atoms with Gasteiger partial charge in [0.15, 0.2) is 0 Å². The van der Waals surface area contributed by atoms with Crippen LogP contribution in [0.25, 0.3) is 0 Å². The van der Waals surface area contributed by atoms with Crippen LogP contribution in [0.5, 0.6) is 5.75 Å². The molecule has 2 aromatic rings. The lowest BCUT2D eigenvalue weighted by Gasteiger charge is -2.28. The molecule has 3 rings (SSSR count). The maximum absolute atomic E-state index is 12.9. The molecule has 0 aliphatic heterocycles. The predicted octanol–water partition coefficient (Wildman–Crippen LogP) is 4.05. The van der Waals surface area contributed by atoms with Gasteiger partial charge in [-0.1, -0.05) is 31.4 Å². The van der Waals surface area contributed by atoms with Crippen LogP contribution in [0.4, 0.5) is 4.79 Å². The van der Waals surface area contributed by atoms with Crippen LogP contribution in [0.2, 0.25) is 0 Å². The van der Waals surface area contributed by atoms with E-state index in [0.717, 1.165) is 31.2 Å². The van der Waals surface area contributed by atoms with Crippen LogP contribution in [0, 0.1) is 0 Å². The molecule has 0 saturated heterocycles. The molecule has 1 N–H and O–H groups in total. The Kier molecular flexibility index (Phi) is 7.19. The van der Waals surface area contributed by atoms with E-state index in [1.165, 1.54) is 13.3 Å². The number of carbonyl (C=O) groups excluding carboxylic acids is 1. The number of rotatable bonds is 8. The molecule has 1 aromatic heterocycles. The summed E-state index contributed by atoms with van der Waals surface area (Å²) in [5.74, 6) is 0.825. The minimum atomic E-state index is -3.60. The largest absolute Gasteiger partial charge is 0.467 e. The summed E-state index contributed by atoms with van der Waals surface area (Å²) in [4.78, 5) is 14.6. The van der Waals surface area contributed by atoms with Crippen molar-refractivity contribution in [2.45, 2.75) is 58.2 Å². The number of hydrogen-bond acceptors (Lipinski definition) is 5. The molecule has 2 amide bonds. The van der Waals surface area contributed by atoms with E-state index in [9.17, 15) is 13.2 Å². The minimum absolute atomic E-state index is 0.106. The Labute approximate surface area is 172 Å². The van der Waals surface area contributed by atoms with Gasteiger partial charge < -0.3 is 18.8 Å². The third-order valence-electron chi connectivity index (χ3n) is 5.00. The normalized spacial score (nSPS) is 15.1. The van der Waals surface area contributed by atoms with Crippen molar-refractivity contribution < 1.29 is 21.8 Å². The van der Waals surface area contributed by atoms with E-state index in [1.54, 1.807) is 35.4 Å². The van der Waals surface area contributed by atoms with Crippen LogP contribution in [0.15, 0.2) is 47.1 Å². The summed E-state index contributed by atoms with van der Waals surface area (Å²) in [7, 11) is -3.60. The number of furan rings is 1. The zero-order valence-corrected chi connectivity index (χ0v) is 17.5. The Morgan fingerprint density at radius 1 is 1.17 bits per heavy atom. The summed E-state index contributed by atoms with van der Waals surface area (Å²) in [6.07, 6.45) is 7.06. The van der Waals surface area contributed by atoms with Gasteiger partial charge in [0, 0.05) is 12.6 Å². The molecule has 0 bridgehead atoms. The molecule has 158 valence electrons. The van der Waals surface area contributed by atoms with Gasteiger partial charge in [0.1, 0.15) is 11.5 Å².